The topological polar surface area (TPSA) is 153 Å². The molecule has 1 aliphatic heterocycles. The summed E-state index contributed by atoms with van der Waals surface area (Å²) in [5.41, 5.74) is 6.24. The lowest BCUT2D eigenvalue weighted by Gasteiger charge is -2.63. The molecule has 5 aliphatic rings. The van der Waals surface area contributed by atoms with Crippen LogP contribution in [-0.4, -0.2) is 96.8 Å². The van der Waals surface area contributed by atoms with Crippen LogP contribution in [0.3, 0.4) is 0 Å². The third-order valence-electron chi connectivity index (χ3n) is 12.8. The van der Waals surface area contributed by atoms with Crippen LogP contribution in [0, 0.1) is 34.5 Å². The minimum Gasteiger partial charge on any atom is -0.478 e. The molecule has 1 heterocycles. The highest BCUT2D eigenvalue weighted by Gasteiger charge is 2.76. The van der Waals surface area contributed by atoms with Crippen molar-refractivity contribution >= 4 is 11.9 Å². The molecule has 10 heteroatoms. The third-order valence-corrected chi connectivity index (χ3v) is 12.8. The van der Waals surface area contributed by atoms with E-state index in [1.54, 1.807) is 7.05 Å². The van der Waals surface area contributed by atoms with Crippen LogP contribution in [0.15, 0.2) is 58.7 Å². The second-order valence-corrected chi connectivity index (χ2v) is 14.9. The molecule has 0 amide bonds. The number of allylic oxidation sites excluding steroid dienone is 1. The van der Waals surface area contributed by atoms with Crippen LogP contribution in [-0.2, 0) is 16.0 Å². The van der Waals surface area contributed by atoms with Gasteiger partial charge in [0.2, 0.25) is 0 Å². The largest absolute Gasteiger partial charge is 0.478 e. The first-order valence-electron chi connectivity index (χ1n) is 17.6. The van der Waals surface area contributed by atoms with Gasteiger partial charge in [0.05, 0.1) is 24.9 Å². The van der Waals surface area contributed by atoms with Gasteiger partial charge in [0.25, 0.3) is 0 Å². The maximum atomic E-state index is 13.4. The standard InChI is InChI=1S/C37H55N5O5/c1-24-16-26(17-25-8-5-4-6-9-25)30-19-31-32(33(44)45)35(46,23-47-29-11-7-10-28(18-29)39-2)21-36(24,31)37(30)22-42(34(38)40-3)14-12-27(37)20-41-13-15-43/h4-6,8-9,12,14,24,26-30,39,41,43,46H,7,10-11,13,15-23H2,1-3H3,(H2,38,40)(H,44,45). The number of aliphatic carboxylic acids is 1. The Balaban J connectivity index is 1.47. The number of aliphatic imine (C=N–C) groups is 1. The van der Waals surface area contributed by atoms with Gasteiger partial charge in [-0.3, -0.25) is 4.99 Å². The second-order valence-electron chi connectivity index (χ2n) is 14.9. The van der Waals surface area contributed by atoms with Crippen molar-refractivity contribution in [3.05, 3.63) is 59.3 Å². The van der Waals surface area contributed by atoms with E-state index in [1.165, 1.54) is 5.56 Å². The molecule has 2 spiro atoms. The molecule has 3 saturated carbocycles. The van der Waals surface area contributed by atoms with E-state index in [0.717, 1.165) is 44.1 Å². The number of aliphatic hydroxyl groups is 2. The molecule has 0 saturated heterocycles. The van der Waals surface area contributed by atoms with E-state index in [2.05, 4.69) is 52.9 Å². The maximum Gasteiger partial charge on any atom is 0.334 e. The summed E-state index contributed by atoms with van der Waals surface area (Å²) in [5, 5.41) is 40.1. The van der Waals surface area contributed by atoms with E-state index in [-0.39, 0.29) is 42.6 Å². The van der Waals surface area contributed by atoms with Gasteiger partial charge >= 0.3 is 5.97 Å². The van der Waals surface area contributed by atoms with Gasteiger partial charge in [0.1, 0.15) is 5.60 Å². The average Bonchev–Trinajstić information content (AvgIpc) is 3.45. The quantitative estimate of drug-likeness (QED) is 0.121. The number of hydrogen-bond donors (Lipinski definition) is 6. The number of ether oxygens (including phenoxy) is 1. The molecule has 9 atom stereocenters. The van der Waals surface area contributed by atoms with Crippen molar-refractivity contribution in [2.24, 2.45) is 45.2 Å². The van der Waals surface area contributed by atoms with Gasteiger partial charge in [-0.2, -0.15) is 0 Å². The first kappa shape index (κ1) is 34.1. The highest BCUT2D eigenvalue weighted by molar-refractivity contribution is 5.92. The number of hydrogen-bond acceptors (Lipinski definition) is 7. The number of guanidine groups is 1. The third kappa shape index (κ3) is 5.73. The van der Waals surface area contributed by atoms with Gasteiger partial charge in [-0.05, 0) is 93.2 Å². The number of nitrogens with zero attached hydrogens (tertiary/aromatic N) is 2. The number of benzene rings is 1. The Hall–Kier alpha value is -2.76. The predicted octanol–water partition coefficient (Wildman–Crippen LogP) is 2.91. The van der Waals surface area contributed by atoms with E-state index in [1.807, 2.05) is 24.2 Å². The number of carbonyl (C=O) groups is 1. The van der Waals surface area contributed by atoms with Crippen molar-refractivity contribution in [2.45, 2.75) is 76.0 Å². The highest BCUT2D eigenvalue weighted by Crippen LogP contribution is 2.78. The molecule has 10 nitrogen and oxygen atoms in total. The molecule has 1 aromatic rings. The highest BCUT2D eigenvalue weighted by atomic mass is 16.5. The number of nitrogens with one attached hydrogen (secondary N) is 2. The summed E-state index contributed by atoms with van der Waals surface area (Å²) in [6.07, 6.45) is 10.9. The Bertz CT molecular complexity index is 1380. The molecule has 4 aliphatic carbocycles. The van der Waals surface area contributed by atoms with Gasteiger partial charge in [0, 0.05) is 49.8 Å². The van der Waals surface area contributed by atoms with Crippen molar-refractivity contribution in [3.63, 3.8) is 0 Å². The number of nitrogens with two attached hydrogens (primary N) is 1. The summed E-state index contributed by atoms with van der Waals surface area (Å²) in [7, 11) is 3.67. The summed E-state index contributed by atoms with van der Waals surface area (Å²) in [6.45, 7) is 3.98. The summed E-state index contributed by atoms with van der Waals surface area (Å²) in [5.74, 6) is -0.0297. The Morgan fingerprint density at radius 1 is 1.21 bits per heavy atom. The molecule has 9 unspecified atom stereocenters. The number of carboxylic acid groups (broad SMARTS) is 1. The lowest BCUT2D eigenvalue weighted by atomic mass is 9.43. The zero-order chi connectivity index (χ0) is 33.4. The number of rotatable bonds is 11. The Morgan fingerprint density at radius 3 is 2.70 bits per heavy atom. The van der Waals surface area contributed by atoms with Crippen molar-refractivity contribution in [1.29, 1.82) is 0 Å². The van der Waals surface area contributed by atoms with Crippen molar-refractivity contribution in [2.75, 3.05) is 46.9 Å². The van der Waals surface area contributed by atoms with Crippen molar-refractivity contribution in [3.8, 4) is 0 Å². The van der Waals surface area contributed by atoms with Gasteiger partial charge in [-0.15, -0.1) is 0 Å². The van der Waals surface area contributed by atoms with Crippen LogP contribution in [0.4, 0.5) is 0 Å². The van der Waals surface area contributed by atoms with Gasteiger partial charge in [-0.1, -0.05) is 43.3 Å². The minimum absolute atomic E-state index is 0.0199. The van der Waals surface area contributed by atoms with Gasteiger partial charge in [-0.25, -0.2) is 4.79 Å². The first-order valence-corrected chi connectivity index (χ1v) is 17.6. The molecular formula is C37H55N5O5. The molecule has 1 aromatic carbocycles. The molecule has 6 rings (SSSR count). The molecular weight excluding hydrogens is 594 g/mol. The van der Waals surface area contributed by atoms with Crippen molar-refractivity contribution < 1.29 is 24.9 Å². The molecule has 7 N–H and O–H groups in total. The molecule has 47 heavy (non-hydrogen) atoms. The van der Waals surface area contributed by atoms with E-state index >= 15 is 0 Å². The van der Waals surface area contributed by atoms with Crippen molar-refractivity contribution in [1.82, 2.24) is 15.5 Å². The Labute approximate surface area is 279 Å². The van der Waals surface area contributed by atoms with E-state index in [9.17, 15) is 20.1 Å². The normalized spacial score (nSPS) is 38.3. The Morgan fingerprint density at radius 2 is 2.00 bits per heavy atom. The fraction of sp³-hybridized carbons (Fsp3) is 0.676. The smallest absolute Gasteiger partial charge is 0.334 e. The summed E-state index contributed by atoms with van der Waals surface area (Å²) in [4.78, 5) is 19.8. The number of aliphatic hydroxyl groups excluding tert-OH is 1. The zero-order valence-electron chi connectivity index (χ0n) is 28.3. The van der Waals surface area contributed by atoms with Crippen LogP contribution < -0.4 is 16.4 Å². The fourth-order valence-corrected chi connectivity index (χ4v) is 10.9. The minimum atomic E-state index is -1.61. The van der Waals surface area contributed by atoms with Crippen LogP contribution in [0.2, 0.25) is 0 Å². The molecule has 2 bridgehead atoms. The lowest BCUT2D eigenvalue weighted by Crippen LogP contribution is -2.64. The predicted molar refractivity (Wildman–Crippen MR) is 183 cm³/mol. The molecule has 258 valence electrons. The van der Waals surface area contributed by atoms with Crippen LogP contribution in [0.25, 0.3) is 0 Å². The summed E-state index contributed by atoms with van der Waals surface area (Å²) < 4.78 is 6.49. The van der Waals surface area contributed by atoms with E-state index in [0.29, 0.717) is 50.4 Å². The van der Waals surface area contributed by atoms with Crippen LogP contribution in [0.5, 0.6) is 0 Å². The first-order chi connectivity index (χ1) is 22.6. The Kier molecular flexibility index (Phi) is 9.89. The van der Waals surface area contributed by atoms with Gasteiger partial charge < -0.3 is 41.3 Å². The van der Waals surface area contributed by atoms with E-state index in [4.69, 9.17) is 10.5 Å². The van der Waals surface area contributed by atoms with Crippen LogP contribution >= 0.6 is 0 Å². The van der Waals surface area contributed by atoms with Crippen LogP contribution in [0.1, 0.15) is 57.4 Å². The lowest BCUT2D eigenvalue weighted by molar-refractivity contribution is -0.149. The van der Waals surface area contributed by atoms with E-state index < -0.39 is 22.4 Å². The summed E-state index contributed by atoms with van der Waals surface area (Å²) >= 11 is 0. The SMILES string of the molecule is CN=C(N)N1C=CC(CNCCO)C2(C1)C1CC3=C(C(=O)O)C(O)(COC4CCCC(NC)C4)CC32C(C)CC1Cc1ccccc1. The zero-order valence-corrected chi connectivity index (χ0v) is 28.3. The monoisotopic (exact) mass is 649 g/mol. The molecule has 0 aromatic heterocycles. The van der Waals surface area contributed by atoms with Gasteiger partial charge in [0.15, 0.2) is 5.96 Å². The maximum absolute atomic E-state index is 13.4. The second kappa shape index (κ2) is 13.6. The number of carboxylic acids is 1. The molecule has 0 radical (unpaired) electrons. The fourth-order valence-electron chi connectivity index (χ4n) is 10.9. The average molecular weight is 650 g/mol. The summed E-state index contributed by atoms with van der Waals surface area (Å²) in [6, 6.07) is 11.0. The molecule has 3 fully saturated rings.